The second-order valence-electron chi connectivity index (χ2n) is 4.79. The van der Waals surface area contributed by atoms with E-state index in [9.17, 15) is 4.79 Å². The molecule has 19 heavy (non-hydrogen) atoms. The Morgan fingerprint density at radius 3 is 2.89 bits per heavy atom. The van der Waals surface area contributed by atoms with Gasteiger partial charge < -0.3 is 9.73 Å². The lowest BCUT2D eigenvalue weighted by molar-refractivity contribution is -0.121. The summed E-state index contributed by atoms with van der Waals surface area (Å²) >= 11 is 0. The van der Waals surface area contributed by atoms with Crippen molar-refractivity contribution in [2.45, 2.75) is 39.5 Å². The van der Waals surface area contributed by atoms with Gasteiger partial charge in [-0.1, -0.05) is 19.9 Å². The molecule has 0 aliphatic heterocycles. The van der Waals surface area contributed by atoms with Gasteiger partial charge in [-0.25, -0.2) is 0 Å². The fourth-order valence-electron chi connectivity index (χ4n) is 2.19. The van der Waals surface area contributed by atoms with Gasteiger partial charge >= 0.3 is 0 Å². The first-order valence-electron chi connectivity index (χ1n) is 7.00. The second-order valence-corrected chi connectivity index (χ2v) is 4.79. The zero-order valence-corrected chi connectivity index (χ0v) is 11.7. The summed E-state index contributed by atoms with van der Waals surface area (Å²) in [5.41, 5.74) is 3.40. The Bertz CT molecular complexity index is 557. The Kier molecular flexibility index (Phi) is 4.61. The molecular weight excluding hydrogens is 238 g/mol. The van der Waals surface area contributed by atoms with E-state index < -0.39 is 0 Å². The molecule has 102 valence electrons. The lowest BCUT2D eigenvalue weighted by Crippen LogP contribution is -2.25. The lowest BCUT2D eigenvalue weighted by Gasteiger charge is -2.03. The van der Waals surface area contributed by atoms with Crippen molar-refractivity contribution >= 4 is 16.9 Å². The smallest absolute Gasteiger partial charge is 0.219 e. The molecule has 1 amide bonds. The van der Waals surface area contributed by atoms with Crippen molar-refractivity contribution in [2.24, 2.45) is 0 Å². The van der Waals surface area contributed by atoms with Crippen molar-refractivity contribution in [2.75, 3.05) is 6.54 Å². The fraction of sp³-hybridized carbons (Fsp3) is 0.438. The Balaban J connectivity index is 2.02. The minimum atomic E-state index is 0.129. The minimum absolute atomic E-state index is 0.129. The maximum Gasteiger partial charge on any atom is 0.219 e. The van der Waals surface area contributed by atoms with Gasteiger partial charge in [0.2, 0.25) is 5.91 Å². The summed E-state index contributed by atoms with van der Waals surface area (Å²) in [5.74, 6) is 0.129. The highest BCUT2D eigenvalue weighted by Crippen LogP contribution is 2.23. The topological polar surface area (TPSA) is 42.2 Å². The van der Waals surface area contributed by atoms with Gasteiger partial charge in [-0.05, 0) is 42.5 Å². The number of rotatable bonds is 6. The van der Waals surface area contributed by atoms with E-state index in [1.807, 2.05) is 13.0 Å². The summed E-state index contributed by atoms with van der Waals surface area (Å²) in [6.07, 6.45) is 5.13. The largest absolute Gasteiger partial charge is 0.464 e. The summed E-state index contributed by atoms with van der Waals surface area (Å²) in [6, 6.07) is 6.30. The van der Waals surface area contributed by atoms with Crippen molar-refractivity contribution < 1.29 is 9.21 Å². The van der Waals surface area contributed by atoms with Crippen LogP contribution >= 0.6 is 0 Å². The Morgan fingerprint density at radius 1 is 1.32 bits per heavy atom. The summed E-state index contributed by atoms with van der Waals surface area (Å²) < 4.78 is 5.54. The predicted molar refractivity (Wildman–Crippen MR) is 77.2 cm³/mol. The Hall–Kier alpha value is -1.77. The van der Waals surface area contributed by atoms with Crippen LogP contribution in [0.4, 0.5) is 0 Å². The van der Waals surface area contributed by atoms with Crippen molar-refractivity contribution in [1.29, 1.82) is 0 Å². The van der Waals surface area contributed by atoms with Crippen LogP contribution in [0.1, 0.15) is 37.8 Å². The van der Waals surface area contributed by atoms with E-state index in [0.29, 0.717) is 13.0 Å². The third kappa shape index (κ3) is 3.37. The maximum atomic E-state index is 11.4. The van der Waals surface area contributed by atoms with Gasteiger partial charge in [-0.3, -0.25) is 4.79 Å². The van der Waals surface area contributed by atoms with Crippen LogP contribution in [0.5, 0.6) is 0 Å². The molecule has 3 heteroatoms. The standard InChI is InChI=1S/C16H21NO2/c1-3-5-16(18)17-9-8-13-11-19-15-7-6-12(4-2)10-14(13)15/h6-7,10-11H,3-5,8-9H2,1-2H3,(H,17,18). The number of hydrogen-bond acceptors (Lipinski definition) is 2. The van der Waals surface area contributed by atoms with Crippen LogP contribution in [0, 0.1) is 0 Å². The number of fused-ring (bicyclic) bond motifs is 1. The molecule has 1 heterocycles. The number of hydrogen-bond donors (Lipinski definition) is 1. The second kappa shape index (κ2) is 6.41. The van der Waals surface area contributed by atoms with Gasteiger partial charge in [0.25, 0.3) is 0 Å². The van der Waals surface area contributed by atoms with Crippen molar-refractivity contribution in [3.05, 3.63) is 35.6 Å². The quantitative estimate of drug-likeness (QED) is 0.863. The molecule has 0 bridgehead atoms. The summed E-state index contributed by atoms with van der Waals surface area (Å²) in [7, 11) is 0. The molecule has 0 fully saturated rings. The van der Waals surface area contributed by atoms with Crippen molar-refractivity contribution in [1.82, 2.24) is 5.32 Å². The van der Waals surface area contributed by atoms with Crippen LogP contribution in [-0.2, 0) is 17.6 Å². The van der Waals surface area contributed by atoms with E-state index in [-0.39, 0.29) is 5.91 Å². The monoisotopic (exact) mass is 259 g/mol. The molecule has 1 N–H and O–H groups in total. The van der Waals surface area contributed by atoms with Crippen LogP contribution in [-0.4, -0.2) is 12.5 Å². The van der Waals surface area contributed by atoms with Crippen molar-refractivity contribution in [3.8, 4) is 0 Å². The highest BCUT2D eigenvalue weighted by atomic mass is 16.3. The van der Waals surface area contributed by atoms with E-state index in [0.717, 1.165) is 24.8 Å². The molecule has 0 radical (unpaired) electrons. The molecule has 0 aliphatic carbocycles. The molecule has 0 saturated carbocycles. The molecule has 2 aromatic rings. The number of carbonyl (C=O) groups excluding carboxylic acids is 1. The average molecular weight is 259 g/mol. The van der Waals surface area contributed by atoms with Gasteiger partial charge in [-0.15, -0.1) is 0 Å². The molecule has 1 aromatic heterocycles. The Labute approximate surface area is 114 Å². The van der Waals surface area contributed by atoms with E-state index in [2.05, 4.69) is 24.4 Å². The fourth-order valence-corrected chi connectivity index (χ4v) is 2.19. The van der Waals surface area contributed by atoms with Crippen LogP contribution in [0.25, 0.3) is 11.0 Å². The van der Waals surface area contributed by atoms with E-state index in [1.54, 1.807) is 6.26 Å². The third-order valence-electron chi connectivity index (χ3n) is 3.32. The van der Waals surface area contributed by atoms with E-state index in [1.165, 1.54) is 16.5 Å². The molecule has 0 unspecified atom stereocenters. The minimum Gasteiger partial charge on any atom is -0.464 e. The number of nitrogens with one attached hydrogen (secondary N) is 1. The number of amides is 1. The van der Waals surface area contributed by atoms with E-state index >= 15 is 0 Å². The molecule has 0 aliphatic rings. The number of carbonyl (C=O) groups is 1. The van der Waals surface area contributed by atoms with E-state index in [4.69, 9.17) is 4.42 Å². The van der Waals surface area contributed by atoms with Crippen LogP contribution in [0.2, 0.25) is 0 Å². The first kappa shape index (κ1) is 13.7. The average Bonchev–Trinajstić information content (AvgIpc) is 2.81. The zero-order chi connectivity index (χ0) is 13.7. The van der Waals surface area contributed by atoms with Crippen LogP contribution < -0.4 is 5.32 Å². The summed E-state index contributed by atoms with van der Waals surface area (Å²) in [6.45, 7) is 4.82. The van der Waals surface area contributed by atoms with Crippen LogP contribution in [0.3, 0.4) is 0 Å². The summed E-state index contributed by atoms with van der Waals surface area (Å²) in [4.78, 5) is 11.4. The van der Waals surface area contributed by atoms with Crippen LogP contribution in [0.15, 0.2) is 28.9 Å². The lowest BCUT2D eigenvalue weighted by atomic mass is 10.1. The Morgan fingerprint density at radius 2 is 2.16 bits per heavy atom. The molecule has 0 spiro atoms. The third-order valence-corrected chi connectivity index (χ3v) is 3.32. The molecular formula is C16H21NO2. The highest BCUT2D eigenvalue weighted by Gasteiger charge is 2.07. The predicted octanol–water partition coefficient (Wildman–Crippen LogP) is 3.45. The maximum absolute atomic E-state index is 11.4. The first-order chi connectivity index (χ1) is 9.24. The van der Waals surface area contributed by atoms with Gasteiger partial charge in [0, 0.05) is 18.4 Å². The zero-order valence-electron chi connectivity index (χ0n) is 11.7. The van der Waals surface area contributed by atoms with Crippen molar-refractivity contribution in [3.63, 3.8) is 0 Å². The number of aryl methyl sites for hydroxylation is 1. The SMILES string of the molecule is CCCC(=O)NCCc1coc2ccc(CC)cc12. The molecule has 2 rings (SSSR count). The molecule has 1 aromatic carbocycles. The first-order valence-corrected chi connectivity index (χ1v) is 7.00. The molecule has 0 saturated heterocycles. The molecule has 3 nitrogen and oxygen atoms in total. The van der Waals surface area contributed by atoms with Gasteiger partial charge in [-0.2, -0.15) is 0 Å². The number of benzene rings is 1. The number of furan rings is 1. The van der Waals surface area contributed by atoms with Gasteiger partial charge in [0.05, 0.1) is 6.26 Å². The highest BCUT2D eigenvalue weighted by molar-refractivity contribution is 5.82. The summed E-state index contributed by atoms with van der Waals surface area (Å²) in [5, 5.41) is 4.11. The molecule has 0 atom stereocenters. The normalized spacial score (nSPS) is 10.8. The van der Waals surface area contributed by atoms with Gasteiger partial charge in [0.1, 0.15) is 5.58 Å². The van der Waals surface area contributed by atoms with Gasteiger partial charge in [0.15, 0.2) is 0 Å².